The van der Waals surface area contributed by atoms with Gasteiger partial charge in [0, 0.05) is 5.56 Å². The second kappa shape index (κ2) is 6.10. The predicted molar refractivity (Wildman–Crippen MR) is 101 cm³/mol. The second-order valence-corrected chi connectivity index (χ2v) is 6.28. The summed E-state index contributed by atoms with van der Waals surface area (Å²) in [7, 11) is 0. The molecular formula is C22H19NO2. The highest BCUT2D eigenvalue weighted by atomic mass is 16.5. The van der Waals surface area contributed by atoms with E-state index in [2.05, 4.69) is 42.4 Å². The van der Waals surface area contributed by atoms with Crippen molar-refractivity contribution in [1.82, 2.24) is 5.16 Å². The predicted octanol–water partition coefficient (Wildman–Crippen LogP) is 5.74. The van der Waals surface area contributed by atoms with Crippen molar-refractivity contribution in [3.8, 4) is 28.2 Å². The number of aryl methyl sites for hydroxylation is 2. The third-order valence-electron chi connectivity index (χ3n) is 4.71. The Morgan fingerprint density at radius 1 is 0.960 bits per heavy atom. The first-order valence-corrected chi connectivity index (χ1v) is 8.44. The molecule has 3 nitrogen and oxygen atoms in total. The van der Waals surface area contributed by atoms with Gasteiger partial charge in [-0.05, 0) is 59.0 Å². The molecule has 0 aliphatic carbocycles. The molecule has 0 amide bonds. The third kappa shape index (κ3) is 2.68. The average molecular weight is 329 g/mol. The number of aromatic hydroxyl groups is 1. The Labute approximate surface area is 146 Å². The molecule has 0 bridgehead atoms. The van der Waals surface area contributed by atoms with E-state index in [-0.39, 0.29) is 5.75 Å². The molecule has 3 heteroatoms. The number of hydrogen-bond donors (Lipinski definition) is 1. The van der Waals surface area contributed by atoms with Crippen LogP contribution in [0.3, 0.4) is 0 Å². The van der Waals surface area contributed by atoms with Crippen molar-refractivity contribution in [2.75, 3.05) is 0 Å². The molecule has 4 aromatic rings. The summed E-state index contributed by atoms with van der Waals surface area (Å²) >= 11 is 0. The first-order chi connectivity index (χ1) is 12.2. The van der Waals surface area contributed by atoms with Gasteiger partial charge in [-0.15, -0.1) is 0 Å². The fraction of sp³-hybridized carbons (Fsp3) is 0.136. The average Bonchev–Trinajstić information content (AvgIpc) is 3.11. The van der Waals surface area contributed by atoms with Crippen molar-refractivity contribution in [3.05, 3.63) is 71.9 Å². The zero-order valence-corrected chi connectivity index (χ0v) is 14.3. The zero-order valence-electron chi connectivity index (χ0n) is 14.3. The lowest BCUT2D eigenvalue weighted by Crippen LogP contribution is -1.90. The molecule has 124 valence electrons. The Balaban J connectivity index is 1.88. The molecule has 0 aliphatic heterocycles. The lowest BCUT2D eigenvalue weighted by atomic mass is 9.96. The van der Waals surface area contributed by atoms with Gasteiger partial charge in [0.25, 0.3) is 0 Å². The summed E-state index contributed by atoms with van der Waals surface area (Å²) in [5, 5.41) is 16.8. The standard InChI is InChI=1S/C22H19NO2/c1-3-15-12-19(21(24)10-14(15)2)22-20(13-23-25-22)18-9-8-16-6-4-5-7-17(16)11-18/h4-13,24H,3H2,1-2H3. The molecule has 0 radical (unpaired) electrons. The Bertz CT molecular complexity index is 1060. The van der Waals surface area contributed by atoms with E-state index in [1.165, 1.54) is 10.9 Å². The van der Waals surface area contributed by atoms with Crippen LogP contribution in [0.25, 0.3) is 33.2 Å². The highest BCUT2D eigenvalue weighted by molar-refractivity contribution is 5.90. The number of aromatic nitrogens is 1. The van der Waals surface area contributed by atoms with Gasteiger partial charge in [-0.25, -0.2) is 0 Å². The summed E-state index contributed by atoms with van der Waals surface area (Å²) in [6.07, 6.45) is 2.61. The fourth-order valence-corrected chi connectivity index (χ4v) is 3.30. The molecular weight excluding hydrogens is 310 g/mol. The molecule has 0 saturated carbocycles. The summed E-state index contributed by atoms with van der Waals surface area (Å²) in [6.45, 7) is 4.11. The molecule has 4 rings (SSSR count). The van der Waals surface area contributed by atoms with Crippen molar-refractivity contribution in [2.24, 2.45) is 0 Å². The van der Waals surface area contributed by atoms with Crippen molar-refractivity contribution in [1.29, 1.82) is 0 Å². The first-order valence-electron chi connectivity index (χ1n) is 8.44. The van der Waals surface area contributed by atoms with Gasteiger partial charge in [-0.1, -0.05) is 48.5 Å². The van der Waals surface area contributed by atoms with E-state index in [1.807, 2.05) is 25.1 Å². The Morgan fingerprint density at radius 2 is 1.76 bits per heavy atom. The van der Waals surface area contributed by atoms with Crippen LogP contribution in [0.2, 0.25) is 0 Å². The number of rotatable bonds is 3. The van der Waals surface area contributed by atoms with E-state index >= 15 is 0 Å². The summed E-state index contributed by atoms with van der Waals surface area (Å²) in [4.78, 5) is 0. The maximum Gasteiger partial charge on any atom is 0.178 e. The number of fused-ring (bicyclic) bond motifs is 1. The number of benzene rings is 3. The minimum absolute atomic E-state index is 0.216. The van der Waals surface area contributed by atoms with E-state index in [0.29, 0.717) is 11.3 Å². The molecule has 0 unspecified atom stereocenters. The van der Waals surface area contributed by atoms with Crippen LogP contribution in [0, 0.1) is 6.92 Å². The van der Waals surface area contributed by atoms with Gasteiger partial charge in [-0.2, -0.15) is 0 Å². The monoisotopic (exact) mass is 329 g/mol. The van der Waals surface area contributed by atoms with Crippen molar-refractivity contribution in [2.45, 2.75) is 20.3 Å². The number of phenolic OH excluding ortho intramolecular Hbond substituents is 1. The van der Waals surface area contributed by atoms with Crippen LogP contribution in [-0.2, 0) is 6.42 Å². The Hall–Kier alpha value is -3.07. The maximum absolute atomic E-state index is 10.4. The molecule has 0 aliphatic rings. The van der Waals surface area contributed by atoms with Crippen LogP contribution >= 0.6 is 0 Å². The van der Waals surface area contributed by atoms with E-state index in [9.17, 15) is 5.11 Å². The second-order valence-electron chi connectivity index (χ2n) is 6.28. The van der Waals surface area contributed by atoms with Crippen molar-refractivity contribution in [3.63, 3.8) is 0 Å². The SMILES string of the molecule is CCc1cc(-c2oncc2-c2ccc3ccccc3c2)c(O)cc1C. The summed E-state index contributed by atoms with van der Waals surface area (Å²) < 4.78 is 5.53. The zero-order chi connectivity index (χ0) is 17.4. The third-order valence-corrected chi connectivity index (χ3v) is 4.71. The molecule has 0 fully saturated rings. The van der Waals surface area contributed by atoms with Crippen LogP contribution in [0.15, 0.2) is 65.3 Å². The molecule has 0 atom stereocenters. The van der Waals surface area contributed by atoms with Gasteiger partial charge in [-0.3, -0.25) is 0 Å². The lowest BCUT2D eigenvalue weighted by molar-refractivity contribution is 0.426. The normalized spacial score (nSPS) is 11.1. The Kier molecular flexibility index (Phi) is 3.77. The quantitative estimate of drug-likeness (QED) is 0.521. The minimum Gasteiger partial charge on any atom is -0.507 e. The number of hydrogen-bond acceptors (Lipinski definition) is 3. The van der Waals surface area contributed by atoms with Crippen LogP contribution in [0.5, 0.6) is 5.75 Å². The number of nitrogens with zero attached hydrogens (tertiary/aromatic N) is 1. The summed E-state index contributed by atoms with van der Waals surface area (Å²) in [6, 6.07) is 18.3. The molecule has 25 heavy (non-hydrogen) atoms. The van der Waals surface area contributed by atoms with E-state index in [1.54, 1.807) is 12.3 Å². The van der Waals surface area contributed by atoms with E-state index < -0.39 is 0 Å². The van der Waals surface area contributed by atoms with Gasteiger partial charge in [0.2, 0.25) is 0 Å². The minimum atomic E-state index is 0.216. The molecule has 3 aromatic carbocycles. The largest absolute Gasteiger partial charge is 0.507 e. The molecule has 1 heterocycles. The molecule has 1 N–H and O–H groups in total. The van der Waals surface area contributed by atoms with Crippen LogP contribution in [-0.4, -0.2) is 10.3 Å². The topological polar surface area (TPSA) is 46.3 Å². The van der Waals surface area contributed by atoms with Crippen LogP contribution < -0.4 is 0 Å². The highest BCUT2D eigenvalue weighted by Gasteiger charge is 2.18. The van der Waals surface area contributed by atoms with Gasteiger partial charge >= 0.3 is 0 Å². The van der Waals surface area contributed by atoms with Gasteiger partial charge < -0.3 is 9.63 Å². The van der Waals surface area contributed by atoms with Crippen molar-refractivity contribution >= 4 is 10.8 Å². The summed E-state index contributed by atoms with van der Waals surface area (Å²) in [5.74, 6) is 0.816. The molecule has 1 aromatic heterocycles. The highest BCUT2D eigenvalue weighted by Crippen LogP contribution is 2.39. The van der Waals surface area contributed by atoms with E-state index in [4.69, 9.17) is 4.52 Å². The number of phenols is 1. The smallest absolute Gasteiger partial charge is 0.178 e. The van der Waals surface area contributed by atoms with Crippen molar-refractivity contribution < 1.29 is 9.63 Å². The molecule has 0 spiro atoms. The Morgan fingerprint density at radius 3 is 2.56 bits per heavy atom. The van der Waals surface area contributed by atoms with Gasteiger partial charge in [0.15, 0.2) is 5.76 Å². The molecule has 0 saturated heterocycles. The van der Waals surface area contributed by atoms with E-state index in [0.717, 1.165) is 28.5 Å². The van der Waals surface area contributed by atoms with Crippen LogP contribution in [0.4, 0.5) is 0 Å². The first kappa shape index (κ1) is 15.5. The fourth-order valence-electron chi connectivity index (χ4n) is 3.30. The van der Waals surface area contributed by atoms with Crippen LogP contribution in [0.1, 0.15) is 18.1 Å². The summed E-state index contributed by atoms with van der Waals surface area (Å²) in [5.41, 5.74) is 4.85. The lowest BCUT2D eigenvalue weighted by Gasteiger charge is -2.10. The van der Waals surface area contributed by atoms with Gasteiger partial charge in [0.1, 0.15) is 5.75 Å². The maximum atomic E-state index is 10.4. The van der Waals surface area contributed by atoms with Gasteiger partial charge in [0.05, 0.1) is 11.8 Å².